The zero-order chi connectivity index (χ0) is 17.3. The van der Waals surface area contributed by atoms with E-state index in [1.165, 1.54) is 21.3 Å². The van der Waals surface area contributed by atoms with E-state index in [0.29, 0.717) is 0 Å². The van der Waals surface area contributed by atoms with Gasteiger partial charge in [0.25, 0.3) is 15.9 Å². The maximum Gasteiger partial charge on any atom is 0.259 e. The monoisotopic (exact) mass is 372 g/mol. The normalized spacial score (nSPS) is 16.3. The van der Waals surface area contributed by atoms with Gasteiger partial charge in [0.15, 0.2) is 0 Å². The van der Waals surface area contributed by atoms with Crippen LogP contribution in [-0.4, -0.2) is 49.7 Å². The molecule has 1 aromatic heterocycles. The van der Waals surface area contributed by atoms with Gasteiger partial charge in [-0.25, -0.2) is 17.2 Å². The van der Waals surface area contributed by atoms with Gasteiger partial charge in [-0.15, -0.1) is 11.3 Å². The highest BCUT2D eigenvalue weighted by Crippen LogP contribution is 2.23. The average Bonchev–Trinajstić information content (AvgIpc) is 3.10. The zero-order valence-corrected chi connectivity index (χ0v) is 14.1. The van der Waals surface area contributed by atoms with Crippen LogP contribution in [-0.2, 0) is 10.0 Å². The summed E-state index contributed by atoms with van der Waals surface area (Å²) in [6.07, 6.45) is 0. The van der Waals surface area contributed by atoms with E-state index in [1.807, 2.05) is 0 Å². The van der Waals surface area contributed by atoms with Crippen molar-refractivity contribution in [1.82, 2.24) is 9.21 Å². The van der Waals surface area contributed by atoms with Crippen molar-refractivity contribution in [3.63, 3.8) is 0 Å². The van der Waals surface area contributed by atoms with Crippen LogP contribution < -0.4 is 0 Å². The number of sulfonamides is 1. The van der Waals surface area contributed by atoms with Crippen LogP contribution in [0.5, 0.6) is 0 Å². The molecule has 0 radical (unpaired) electrons. The van der Waals surface area contributed by atoms with E-state index in [0.717, 1.165) is 23.5 Å². The Morgan fingerprint density at radius 3 is 2.17 bits per heavy atom. The Morgan fingerprint density at radius 1 is 1.00 bits per heavy atom. The molecule has 0 unspecified atom stereocenters. The highest BCUT2D eigenvalue weighted by atomic mass is 32.2. The summed E-state index contributed by atoms with van der Waals surface area (Å²) in [4.78, 5) is 13.6. The number of thiophene rings is 1. The molecule has 24 heavy (non-hydrogen) atoms. The van der Waals surface area contributed by atoms with Gasteiger partial charge in [0.05, 0.1) is 0 Å². The number of rotatable bonds is 3. The van der Waals surface area contributed by atoms with Gasteiger partial charge in [0, 0.05) is 26.2 Å². The van der Waals surface area contributed by atoms with Crippen molar-refractivity contribution in [2.24, 2.45) is 0 Å². The zero-order valence-electron chi connectivity index (χ0n) is 12.5. The van der Waals surface area contributed by atoms with Crippen LogP contribution in [0, 0.1) is 11.6 Å². The number of hydrogen-bond donors (Lipinski definition) is 0. The van der Waals surface area contributed by atoms with E-state index >= 15 is 0 Å². The first-order valence-corrected chi connectivity index (χ1v) is 9.50. The third-order valence-corrected chi connectivity index (χ3v) is 7.06. The third kappa shape index (κ3) is 3.06. The van der Waals surface area contributed by atoms with Gasteiger partial charge >= 0.3 is 0 Å². The summed E-state index contributed by atoms with van der Waals surface area (Å²) in [5.74, 6) is -2.61. The molecule has 1 aliphatic rings. The molecule has 3 rings (SSSR count). The summed E-state index contributed by atoms with van der Waals surface area (Å²) >= 11 is 1.12. The van der Waals surface area contributed by atoms with Gasteiger partial charge in [-0.3, -0.25) is 4.79 Å². The second-order valence-electron chi connectivity index (χ2n) is 5.23. The van der Waals surface area contributed by atoms with Crippen molar-refractivity contribution in [3.8, 4) is 0 Å². The molecular formula is C15H14F2N2O3S2. The van der Waals surface area contributed by atoms with Crippen molar-refractivity contribution in [1.29, 1.82) is 0 Å². The number of benzene rings is 1. The Kier molecular flexibility index (Phi) is 4.66. The van der Waals surface area contributed by atoms with Crippen LogP contribution in [0.2, 0.25) is 0 Å². The first-order valence-electron chi connectivity index (χ1n) is 7.18. The van der Waals surface area contributed by atoms with E-state index in [9.17, 15) is 22.0 Å². The molecule has 0 saturated carbocycles. The largest absolute Gasteiger partial charge is 0.336 e. The molecule has 1 aliphatic heterocycles. The van der Waals surface area contributed by atoms with Gasteiger partial charge in [-0.1, -0.05) is 12.1 Å². The van der Waals surface area contributed by atoms with Crippen LogP contribution in [0.4, 0.5) is 8.78 Å². The Morgan fingerprint density at radius 2 is 1.62 bits per heavy atom. The molecule has 0 spiro atoms. The molecule has 0 N–H and O–H groups in total. The fourth-order valence-electron chi connectivity index (χ4n) is 2.53. The van der Waals surface area contributed by atoms with E-state index in [2.05, 4.69) is 0 Å². The highest BCUT2D eigenvalue weighted by molar-refractivity contribution is 7.91. The summed E-state index contributed by atoms with van der Waals surface area (Å²) in [7, 11) is -3.58. The molecule has 0 atom stereocenters. The van der Waals surface area contributed by atoms with Gasteiger partial charge in [0.1, 0.15) is 21.4 Å². The molecule has 1 aromatic carbocycles. The van der Waals surface area contributed by atoms with Crippen molar-refractivity contribution >= 4 is 27.3 Å². The maximum atomic E-state index is 13.7. The molecular weight excluding hydrogens is 358 g/mol. The lowest BCUT2D eigenvalue weighted by atomic mass is 10.1. The predicted molar refractivity (Wildman–Crippen MR) is 85.3 cm³/mol. The van der Waals surface area contributed by atoms with Crippen LogP contribution in [0.1, 0.15) is 10.4 Å². The first-order chi connectivity index (χ1) is 11.4. The lowest BCUT2D eigenvalue weighted by molar-refractivity contribution is 0.0688. The SMILES string of the molecule is O=C(c1c(F)cccc1F)N1CCN(S(=O)(=O)c2cccs2)CC1. The number of carbonyl (C=O) groups is 1. The topological polar surface area (TPSA) is 57.7 Å². The quantitative estimate of drug-likeness (QED) is 0.830. The summed E-state index contributed by atoms with van der Waals surface area (Å²) in [5.41, 5.74) is -0.605. The Balaban J connectivity index is 1.73. The molecule has 1 fully saturated rings. The number of carbonyl (C=O) groups excluding carboxylic acids is 1. The summed E-state index contributed by atoms with van der Waals surface area (Å²) in [5, 5.41) is 1.67. The third-order valence-electron chi connectivity index (χ3n) is 3.79. The fourth-order valence-corrected chi connectivity index (χ4v) is 5.10. The number of nitrogens with zero attached hydrogens (tertiary/aromatic N) is 2. The molecule has 0 aliphatic carbocycles. The van der Waals surface area contributed by atoms with Gasteiger partial charge in [-0.2, -0.15) is 4.31 Å². The lowest BCUT2D eigenvalue weighted by Crippen LogP contribution is -2.50. The molecule has 2 heterocycles. The molecule has 2 aromatic rings. The summed E-state index contributed by atoms with van der Waals surface area (Å²) < 4.78 is 53.8. The van der Waals surface area contributed by atoms with Crippen LogP contribution >= 0.6 is 11.3 Å². The molecule has 9 heteroatoms. The Hall–Kier alpha value is -1.84. The lowest BCUT2D eigenvalue weighted by Gasteiger charge is -2.33. The molecule has 5 nitrogen and oxygen atoms in total. The summed E-state index contributed by atoms with van der Waals surface area (Å²) in [6.45, 7) is 0.332. The molecule has 1 saturated heterocycles. The van der Waals surface area contributed by atoms with Crippen molar-refractivity contribution in [2.45, 2.75) is 4.21 Å². The second kappa shape index (κ2) is 6.58. The van der Waals surface area contributed by atoms with E-state index in [4.69, 9.17) is 0 Å². The van der Waals surface area contributed by atoms with Crippen LogP contribution in [0.25, 0.3) is 0 Å². The minimum atomic E-state index is -3.58. The number of amides is 1. The van der Waals surface area contributed by atoms with Crippen LogP contribution in [0.15, 0.2) is 39.9 Å². The molecule has 1 amide bonds. The van der Waals surface area contributed by atoms with Gasteiger partial charge in [0.2, 0.25) is 0 Å². The van der Waals surface area contributed by atoms with Gasteiger partial charge < -0.3 is 4.90 Å². The average molecular weight is 372 g/mol. The number of halogens is 2. The molecule has 128 valence electrons. The van der Waals surface area contributed by atoms with E-state index < -0.39 is 33.1 Å². The van der Waals surface area contributed by atoms with Crippen LogP contribution in [0.3, 0.4) is 0 Å². The highest BCUT2D eigenvalue weighted by Gasteiger charge is 2.32. The van der Waals surface area contributed by atoms with Crippen molar-refractivity contribution < 1.29 is 22.0 Å². The maximum absolute atomic E-state index is 13.7. The fraction of sp³-hybridized carbons (Fsp3) is 0.267. The Labute approximate surface area is 142 Å². The number of hydrogen-bond acceptors (Lipinski definition) is 4. The van der Waals surface area contributed by atoms with E-state index in [1.54, 1.807) is 11.4 Å². The second-order valence-corrected chi connectivity index (χ2v) is 8.34. The Bertz CT molecular complexity index is 825. The molecule has 0 bridgehead atoms. The van der Waals surface area contributed by atoms with Crippen molar-refractivity contribution in [2.75, 3.05) is 26.2 Å². The minimum absolute atomic E-state index is 0.0806. The van der Waals surface area contributed by atoms with Gasteiger partial charge in [-0.05, 0) is 23.6 Å². The smallest absolute Gasteiger partial charge is 0.259 e. The predicted octanol–water partition coefficient (Wildman–Crippen LogP) is 2.17. The first kappa shape index (κ1) is 17.0. The number of piperazine rings is 1. The summed E-state index contributed by atoms with van der Waals surface area (Å²) in [6, 6.07) is 6.40. The van der Waals surface area contributed by atoms with Crippen molar-refractivity contribution in [3.05, 3.63) is 52.9 Å². The standard InChI is InChI=1S/C15H14F2N2O3S2/c16-11-3-1-4-12(17)14(11)15(20)18-6-8-19(9-7-18)24(21,22)13-5-2-10-23-13/h1-5,10H,6-9H2. The minimum Gasteiger partial charge on any atom is -0.336 e. The van der Waals surface area contributed by atoms with E-state index in [-0.39, 0.29) is 30.4 Å².